The van der Waals surface area contributed by atoms with Gasteiger partial charge in [-0.1, -0.05) is 17.7 Å². The highest BCUT2D eigenvalue weighted by molar-refractivity contribution is 9.10. The molecule has 112 valence electrons. The molecule has 0 aromatic heterocycles. The van der Waals surface area contributed by atoms with Crippen molar-refractivity contribution in [2.75, 3.05) is 14.2 Å². The topological polar surface area (TPSA) is 21.3 Å². The minimum Gasteiger partial charge on any atom is -0.496 e. The molecule has 1 unspecified atom stereocenters. The average molecular weight is 377 g/mol. The lowest BCUT2D eigenvalue weighted by atomic mass is 9.98. The number of nitrogens with one attached hydrogen (secondary N) is 1. The molecule has 0 bridgehead atoms. The zero-order valence-electron chi connectivity index (χ0n) is 11.4. The van der Waals surface area contributed by atoms with Crippen LogP contribution in [0.2, 0.25) is 5.02 Å². The third-order valence-corrected chi connectivity index (χ3v) is 4.05. The zero-order chi connectivity index (χ0) is 15.6. The predicted octanol–water partition coefficient (Wildman–Crippen LogP) is 4.70. The fourth-order valence-corrected chi connectivity index (χ4v) is 2.69. The van der Waals surface area contributed by atoms with E-state index in [2.05, 4.69) is 21.2 Å². The zero-order valence-corrected chi connectivity index (χ0v) is 13.7. The summed E-state index contributed by atoms with van der Waals surface area (Å²) in [5, 5.41) is 3.13. The molecule has 0 aliphatic carbocycles. The van der Waals surface area contributed by atoms with E-state index in [1.54, 1.807) is 19.2 Å². The molecule has 0 fully saturated rings. The third kappa shape index (κ3) is 3.36. The smallest absolute Gasteiger partial charge is 0.141 e. The Kier molecular flexibility index (Phi) is 5.19. The van der Waals surface area contributed by atoms with Crippen LogP contribution in [0.15, 0.2) is 34.8 Å². The highest BCUT2D eigenvalue weighted by Crippen LogP contribution is 2.34. The molecule has 2 aromatic rings. The van der Waals surface area contributed by atoms with E-state index < -0.39 is 11.6 Å². The number of benzene rings is 2. The van der Waals surface area contributed by atoms with Crippen molar-refractivity contribution >= 4 is 27.5 Å². The van der Waals surface area contributed by atoms with Crippen LogP contribution in [-0.4, -0.2) is 14.2 Å². The Morgan fingerprint density at radius 1 is 1.19 bits per heavy atom. The van der Waals surface area contributed by atoms with Crippen molar-refractivity contribution in [3.8, 4) is 5.75 Å². The second-order valence-corrected chi connectivity index (χ2v) is 5.67. The largest absolute Gasteiger partial charge is 0.496 e. The SMILES string of the molecule is CNC(c1ccc(F)c(Cl)c1)c1cc(Br)c(F)cc1OC. The van der Waals surface area contributed by atoms with Gasteiger partial charge in [-0.15, -0.1) is 0 Å². The maximum Gasteiger partial charge on any atom is 0.141 e. The van der Waals surface area contributed by atoms with Crippen LogP contribution in [-0.2, 0) is 0 Å². The Hall–Kier alpha value is -1.17. The maximum absolute atomic E-state index is 13.6. The first-order chi connectivity index (χ1) is 9.97. The highest BCUT2D eigenvalue weighted by Gasteiger charge is 2.20. The van der Waals surface area contributed by atoms with Crippen LogP contribution in [0.25, 0.3) is 0 Å². The van der Waals surface area contributed by atoms with Crippen molar-refractivity contribution < 1.29 is 13.5 Å². The highest BCUT2D eigenvalue weighted by atomic mass is 79.9. The molecule has 0 aliphatic rings. The van der Waals surface area contributed by atoms with Crippen molar-refractivity contribution in [2.24, 2.45) is 0 Å². The molecule has 6 heteroatoms. The number of halogens is 4. The van der Waals surface area contributed by atoms with Gasteiger partial charge >= 0.3 is 0 Å². The van der Waals surface area contributed by atoms with Gasteiger partial charge in [-0.25, -0.2) is 8.78 Å². The minimum absolute atomic E-state index is 0.0351. The monoisotopic (exact) mass is 375 g/mol. The molecule has 2 nitrogen and oxygen atoms in total. The van der Waals surface area contributed by atoms with Gasteiger partial charge in [0.1, 0.15) is 17.4 Å². The minimum atomic E-state index is -0.484. The molecule has 2 aromatic carbocycles. The van der Waals surface area contributed by atoms with Gasteiger partial charge in [0.2, 0.25) is 0 Å². The molecule has 0 radical (unpaired) electrons. The molecular formula is C15H13BrClF2NO. The van der Waals surface area contributed by atoms with Crippen LogP contribution in [0, 0.1) is 11.6 Å². The summed E-state index contributed by atoms with van der Waals surface area (Å²) in [5.41, 5.74) is 1.47. The lowest BCUT2D eigenvalue weighted by Gasteiger charge is -2.21. The Balaban J connectivity index is 2.55. The average Bonchev–Trinajstić information content (AvgIpc) is 2.46. The van der Waals surface area contributed by atoms with Crippen molar-refractivity contribution in [1.82, 2.24) is 5.32 Å². The molecule has 0 amide bonds. The van der Waals surface area contributed by atoms with E-state index in [0.717, 1.165) is 11.1 Å². The molecule has 21 heavy (non-hydrogen) atoms. The van der Waals surface area contributed by atoms with Crippen LogP contribution in [0.3, 0.4) is 0 Å². The lowest BCUT2D eigenvalue weighted by Crippen LogP contribution is -2.18. The van der Waals surface area contributed by atoms with Gasteiger partial charge in [0.15, 0.2) is 0 Å². The van der Waals surface area contributed by atoms with Gasteiger partial charge in [0.25, 0.3) is 0 Å². The van der Waals surface area contributed by atoms with Gasteiger partial charge in [-0.3, -0.25) is 0 Å². The van der Waals surface area contributed by atoms with E-state index in [1.165, 1.54) is 25.3 Å². The normalized spacial score (nSPS) is 12.3. The number of hydrogen-bond acceptors (Lipinski definition) is 2. The fourth-order valence-electron chi connectivity index (χ4n) is 2.14. The summed E-state index contributed by atoms with van der Waals surface area (Å²) >= 11 is 8.99. The molecule has 0 heterocycles. The van der Waals surface area contributed by atoms with Crippen molar-refractivity contribution in [2.45, 2.75) is 6.04 Å². The summed E-state index contributed by atoms with van der Waals surface area (Å²) < 4.78 is 32.5. The fraction of sp³-hybridized carbons (Fsp3) is 0.200. The van der Waals surface area contributed by atoms with Crippen molar-refractivity contribution in [1.29, 1.82) is 0 Å². The Bertz CT molecular complexity index is 666. The summed E-state index contributed by atoms with van der Waals surface area (Å²) in [7, 11) is 3.22. The molecule has 0 spiro atoms. The van der Waals surface area contributed by atoms with E-state index in [1.807, 2.05) is 0 Å². The second kappa shape index (κ2) is 6.73. The Labute approximate surface area is 135 Å². The first kappa shape index (κ1) is 16.2. The third-order valence-electron chi connectivity index (χ3n) is 3.15. The molecule has 2 rings (SSSR count). The van der Waals surface area contributed by atoms with Crippen LogP contribution < -0.4 is 10.1 Å². The quantitative estimate of drug-likeness (QED) is 0.835. The first-order valence-electron chi connectivity index (χ1n) is 6.13. The Morgan fingerprint density at radius 2 is 1.90 bits per heavy atom. The summed E-state index contributed by atoms with van der Waals surface area (Å²) in [4.78, 5) is 0. The van der Waals surface area contributed by atoms with Crippen LogP contribution in [0.5, 0.6) is 5.75 Å². The van der Waals surface area contributed by atoms with Crippen molar-refractivity contribution in [3.63, 3.8) is 0 Å². The first-order valence-corrected chi connectivity index (χ1v) is 7.30. The summed E-state index contributed by atoms with van der Waals surface area (Å²) in [6, 6.07) is 7.08. The standard InChI is InChI=1S/C15H13BrClF2NO/c1-20-15(8-3-4-12(18)11(17)5-8)9-6-10(16)13(19)7-14(9)21-2/h3-7,15,20H,1-2H3. The van der Waals surface area contributed by atoms with E-state index >= 15 is 0 Å². The molecular weight excluding hydrogens is 364 g/mol. The number of hydrogen-bond donors (Lipinski definition) is 1. The van der Waals surface area contributed by atoms with E-state index in [9.17, 15) is 8.78 Å². The van der Waals surface area contributed by atoms with E-state index in [-0.39, 0.29) is 11.1 Å². The number of rotatable bonds is 4. The van der Waals surface area contributed by atoms with Gasteiger partial charge in [0.05, 0.1) is 22.6 Å². The second-order valence-electron chi connectivity index (χ2n) is 4.40. The molecule has 0 aliphatic heterocycles. The van der Waals surface area contributed by atoms with Gasteiger partial charge in [0, 0.05) is 11.6 Å². The van der Waals surface area contributed by atoms with Crippen LogP contribution >= 0.6 is 27.5 Å². The number of ether oxygens (including phenoxy) is 1. The summed E-state index contributed by atoms with van der Waals surface area (Å²) in [6.45, 7) is 0. The van der Waals surface area contributed by atoms with Crippen LogP contribution in [0.1, 0.15) is 17.2 Å². The van der Waals surface area contributed by atoms with Gasteiger partial charge in [-0.05, 0) is 46.7 Å². The molecule has 0 saturated heterocycles. The summed E-state index contributed by atoms with van der Waals surface area (Å²) in [5.74, 6) is -0.499. The molecule has 1 atom stereocenters. The van der Waals surface area contributed by atoms with Gasteiger partial charge in [-0.2, -0.15) is 0 Å². The molecule has 1 N–H and O–H groups in total. The summed E-state index contributed by atoms with van der Waals surface area (Å²) in [6.07, 6.45) is 0. The van der Waals surface area contributed by atoms with Crippen molar-refractivity contribution in [3.05, 3.63) is 62.6 Å². The molecule has 0 saturated carbocycles. The van der Waals surface area contributed by atoms with E-state index in [4.69, 9.17) is 16.3 Å². The lowest BCUT2D eigenvalue weighted by molar-refractivity contribution is 0.401. The van der Waals surface area contributed by atoms with Crippen LogP contribution in [0.4, 0.5) is 8.78 Å². The van der Waals surface area contributed by atoms with Gasteiger partial charge < -0.3 is 10.1 Å². The van der Waals surface area contributed by atoms with E-state index in [0.29, 0.717) is 10.2 Å². The number of methoxy groups -OCH3 is 1. The Morgan fingerprint density at radius 3 is 2.48 bits per heavy atom. The maximum atomic E-state index is 13.6. The predicted molar refractivity (Wildman–Crippen MR) is 83.0 cm³/mol.